The zero-order valence-corrected chi connectivity index (χ0v) is 48.3. The lowest BCUT2D eigenvalue weighted by Gasteiger charge is -2.18. The van der Waals surface area contributed by atoms with Crippen molar-refractivity contribution in [1.29, 1.82) is 0 Å². The molecule has 0 heterocycles. The predicted molar refractivity (Wildman–Crippen MR) is 325 cm³/mol. The second kappa shape index (κ2) is 61.8. The minimum absolute atomic E-state index is 0.107. The Morgan fingerprint density at radius 3 is 0.880 bits per heavy atom. The molecule has 0 N–H and O–H groups in total. The first-order valence-corrected chi connectivity index (χ1v) is 30.3. The lowest BCUT2D eigenvalue weighted by Crippen LogP contribution is -2.30. The summed E-state index contributed by atoms with van der Waals surface area (Å²) in [4.78, 5) is 38.2. The van der Waals surface area contributed by atoms with Crippen molar-refractivity contribution in [2.75, 3.05) is 13.2 Å². The van der Waals surface area contributed by atoms with Crippen LogP contribution in [0.3, 0.4) is 0 Å². The second-order valence-electron chi connectivity index (χ2n) is 19.5. The topological polar surface area (TPSA) is 78.9 Å². The van der Waals surface area contributed by atoms with Gasteiger partial charge in [-0.3, -0.25) is 14.4 Å². The molecule has 6 heteroatoms. The van der Waals surface area contributed by atoms with E-state index < -0.39 is 6.10 Å². The Balaban J connectivity index is 4.48. The van der Waals surface area contributed by atoms with Crippen molar-refractivity contribution >= 4 is 17.9 Å². The predicted octanol–water partition coefficient (Wildman–Crippen LogP) is 20.8. The first-order valence-electron chi connectivity index (χ1n) is 30.3. The van der Waals surface area contributed by atoms with Gasteiger partial charge in [-0.15, -0.1) is 0 Å². The molecule has 0 aliphatic heterocycles. The van der Waals surface area contributed by atoms with Gasteiger partial charge in [0.15, 0.2) is 6.10 Å². The van der Waals surface area contributed by atoms with Crippen molar-refractivity contribution in [3.8, 4) is 0 Å². The molecule has 0 radical (unpaired) electrons. The molecule has 0 aliphatic rings. The molecule has 6 nitrogen and oxygen atoms in total. The molecule has 0 aromatic carbocycles. The number of esters is 3. The number of hydrogen-bond acceptors (Lipinski definition) is 6. The summed E-state index contributed by atoms with van der Waals surface area (Å²) in [5.41, 5.74) is 0. The summed E-state index contributed by atoms with van der Waals surface area (Å²) in [7, 11) is 0. The first kappa shape index (κ1) is 70.3. The number of rotatable bonds is 53. The molecule has 0 spiro atoms. The third-order valence-electron chi connectivity index (χ3n) is 12.3. The highest BCUT2D eigenvalue weighted by Gasteiger charge is 2.19. The smallest absolute Gasteiger partial charge is 0.306 e. The number of carbonyl (C=O) groups excluding carboxylic acids is 3. The Bertz CT molecular complexity index is 1660. The first-order chi connectivity index (χ1) is 37.0. The molecule has 0 rings (SSSR count). The van der Waals surface area contributed by atoms with Gasteiger partial charge in [-0.2, -0.15) is 0 Å². The van der Waals surface area contributed by atoms with Crippen molar-refractivity contribution in [3.63, 3.8) is 0 Å². The van der Waals surface area contributed by atoms with E-state index in [1.54, 1.807) is 0 Å². The van der Waals surface area contributed by atoms with Crippen LogP contribution in [0.5, 0.6) is 0 Å². The molecule has 0 saturated heterocycles. The van der Waals surface area contributed by atoms with Gasteiger partial charge in [0.1, 0.15) is 13.2 Å². The van der Waals surface area contributed by atoms with Crippen molar-refractivity contribution in [2.24, 2.45) is 0 Å². The van der Waals surface area contributed by atoms with E-state index in [0.29, 0.717) is 19.3 Å². The summed E-state index contributed by atoms with van der Waals surface area (Å²) < 4.78 is 16.8. The summed E-state index contributed by atoms with van der Waals surface area (Å²) in [5, 5.41) is 0. The van der Waals surface area contributed by atoms with Gasteiger partial charge in [-0.1, -0.05) is 237 Å². The van der Waals surface area contributed by atoms with Gasteiger partial charge in [0.25, 0.3) is 0 Å². The average molecular weight is 1040 g/mol. The summed E-state index contributed by atoms with van der Waals surface area (Å²) in [6.07, 6.45) is 88.4. The van der Waals surface area contributed by atoms with E-state index in [9.17, 15) is 14.4 Å². The van der Waals surface area contributed by atoms with E-state index in [-0.39, 0.29) is 31.1 Å². The maximum atomic E-state index is 12.9. The maximum Gasteiger partial charge on any atom is 0.306 e. The van der Waals surface area contributed by atoms with Gasteiger partial charge in [-0.25, -0.2) is 0 Å². The minimum Gasteiger partial charge on any atom is -0.462 e. The Hall–Kier alpha value is -4.71. The van der Waals surface area contributed by atoms with Crippen LogP contribution in [0.25, 0.3) is 0 Å². The molecule has 0 aliphatic carbocycles. The van der Waals surface area contributed by atoms with Crippen LogP contribution in [-0.2, 0) is 28.6 Å². The van der Waals surface area contributed by atoms with Gasteiger partial charge >= 0.3 is 17.9 Å². The number of hydrogen-bond donors (Lipinski definition) is 0. The van der Waals surface area contributed by atoms with E-state index in [4.69, 9.17) is 14.2 Å². The lowest BCUT2D eigenvalue weighted by molar-refractivity contribution is -0.167. The van der Waals surface area contributed by atoms with Crippen LogP contribution in [-0.4, -0.2) is 37.2 Å². The highest BCUT2D eigenvalue weighted by molar-refractivity contribution is 5.71. The fourth-order valence-corrected chi connectivity index (χ4v) is 7.76. The van der Waals surface area contributed by atoms with Gasteiger partial charge < -0.3 is 14.2 Å². The zero-order chi connectivity index (χ0) is 54.3. The Morgan fingerprint density at radius 1 is 0.280 bits per heavy atom. The van der Waals surface area contributed by atoms with Crippen molar-refractivity contribution in [2.45, 2.75) is 258 Å². The van der Waals surface area contributed by atoms with E-state index >= 15 is 0 Å². The van der Waals surface area contributed by atoms with Crippen molar-refractivity contribution in [3.05, 3.63) is 146 Å². The molecule has 0 aromatic rings. The quantitative estimate of drug-likeness (QED) is 0.0261. The molecular weight excluding hydrogens is 925 g/mol. The maximum absolute atomic E-state index is 12.9. The molecule has 75 heavy (non-hydrogen) atoms. The number of allylic oxidation sites excluding steroid dienone is 24. The average Bonchev–Trinajstić information content (AvgIpc) is 3.41. The molecule has 422 valence electrons. The molecule has 0 bridgehead atoms. The van der Waals surface area contributed by atoms with Crippen LogP contribution in [0.1, 0.15) is 252 Å². The second-order valence-corrected chi connectivity index (χ2v) is 19.5. The standard InChI is InChI=1S/C69H110O6/c1-4-7-10-13-16-19-22-25-27-29-31-32-33-34-35-36-38-39-41-44-47-50-53-56-59-62-68(71)74-65-66(64-73-67(70)61-58-55-52-49-46-43-24-21-18-15-12-9-6-3)75-69(72)63-60-57-54-51-48-45-42-40-37-30-28-26-23-20-17-14-11-8-5-2/h7,10,12,15-17,19-21,24-28,31-32,34-35,37-40,44,47,66H,4-6,8-9,11,13-14,18,22-23,29-30,33,36,41-43,45-46,48-65H2,1-3H3/b10-7-,15-12-,19-16-,20-17-,24-21-,27-25-,28-26-,32-31-,35-34-,39-38-,40-37-,47-44-. The molecular formula is C69H110O6. The van der Waals surface area contributed by atoms with Gasteiger partial charge in [0, 0.05) is 19.3 Å². The van der Waals surface area contributed by atoms with Crippen LogP contribution in [0.15, 0.2) is 146 Å². The highest BCUT2D eigenvalue weighted by atomic mass is 16.6. The fourth-order valence-electron chi connectivity index (χ4n) is 7.76. The summed E-state index contributed by atoms with van der Waals surface area (Å²) >= 11 is 0. The Labute approximate surface area is 461 Å². The van der Waals surface area contributed by atoms with Crippen LogP contribution in [0.2, 0.25) is 0 Å². The normalized spacial score (nSPS) is 13.2. The van der Waals surface area contributed by atoms with Crippen LogP contribution < -0.4 is 0 Å². The number of unbranched alkanes of at least 4 members (excludes halogenated alkanes) is 18. The largest absolute Gasteiger partial charge is 0.462 e. The monoisotopic (exact) mass is 1030 g/mol. The molecule has 0 amide bonds. The molecule has 1 atom stereocenters. The van der Waals surface area contributed by atoms with Crippen molar-refractivity contribution in [1.82, 2.24) is 0 Å². The van der Waals surface area contributed by atoms with Crippen LogP contribution in [0, 0.1) is 0 Å². The molecule has 1 unspecified atom stereocenters. The van der Waals surface area contributed by atoms with Crippen molar-refractivity contribution < 1.29 is 28.6 Å². The summed E-state index contributed by atoms with van der Waals surface area (Å²) in [6, 6.07) is 0. The van der Waals surface area contributed by atoms with Crippen LogP contribution >= 0.6 is 0 Å². The number of carbonyl (C=O) groups is 3. The third kappa shape index (κ3) is 60.0. The minimum atomic E-state index is -0.812. The summed E-state index contributed by atoms with van der Waals surface area (Å²) in [6.45, 7) is 6.37. The van der Waals surface area contributed by atoms with E-state index in [2.05, 4.69) is 167 Å². The highest BCUT2D eigenvalue weighted by Crippen LogP contribution is 2.13. The fraction of sp³-hybridized carbons (Fsp3) is 0.609. The lowest BCUT2D eigenvalue weighted by atomic mass is 10.1. The van der Waals surface area contributed by atoms with Crippen LogP contribution in [0.4, 0.5) is 0 Å². The SMILES string of the molecule is CC/C=C\C/C=C\C/C=C\C/C=C\C/C=C\C/C=C\C/C=C\CCCCCC(=O)OCC(COC(=O)CCCCCCC/C=C\C/C=C\CCC)OC(=O)CCCCCCCC/C=C\C/C=C\C/C=C\CCCCC. The molecule has 0 aromatic heterocycles. The van der Waals surface area contributed by atoms with E-state index in [1.165, 1.54) is 44.9 Å². The Kier molecular flexibility index (Phi) is 58.0. The van der Waals surface area contributed by atoms with E-state index in [1.807, 2.05) is 0 Å². The molecule has 0 fully saturated rings. The van der Waals surface area contributed by atoms with Gasteiger partial charge in [0.2, 0.25) is 0 Å². The third-order valence-corrected chi connectivity index (χ3v) is 12.3. The summed E-state index contributed by atoms with van der Waals surface area (Å²) in [5.74, 6) is -0.971. The van der Waals surface area contributed by atoms with Gasteiger partial charge in [0.05, 0.1) is 0 Å². The number of ether oxygens (including phenoxy) is 3. The zero-order valence-electron chi connectivity index (χ0n) is 48.3. The van der Waals surface area contributed by atoms with E-state index in [0.717, 1.165) is 167 Å². The Morgan fingerprint density at radius 2 is 0.547 bits per heavy atom. The van der Waals surface area contributed by atoms with Gasteiger partial charge in [-0.05, 0) is 141 Å². The molecule has 0 saturated carbocycles.